The molecule has 5 nitrogen and oxygen atoms in total. The highest BCUT2D eigenvalue weighted by molar-refractivity contribution is 5.97. The van der Waals surface area contributed by atoms with Crippen molar-refractivity contribution in [2.24, 2.45) is 0 Å². The number of aromatic nitrogens is 3. The number of imidazole rings is 1. The third-order valence-corrected chi connectivity index (χ3v) is 4.82. The maximum absolute atomic E-state index is 12.5. The fraction of sp³-hybridized carbons (Fsp3) is 0.0952. The Morgan fingerprint density at radius 1 is 1.00 bits per heavy atom. The van der Waals surface area contributed by atoms with Gasteiger partial charge in [0.15, 0.2) is 0 Å². The van der Waals surface area contributed by atoms with E-state index in [-0.39, 0.29) is 5.91 Å². The van der Waals surface area contributed by atoms with Gasteiger partial charge in [-0.2, -0.15) is 0 Å². The van der Waals surface area contributed by atoms with E-state index in [0.717, 1.165) is 33.5 Å². The van der Waals surface area contributed by atoms with Crippen molar-refractivity contribution < 1.29 is 4.79 Å². The van der Waals surface area contributed by atoms with Crippen molar-refractivity contribution in [3.05, 3.63) is 90.3 Å². The zero-order chi connectivity index (χ0) is 17.5. The molecule has 0 unspecified atom stereocenters. The maximum atomic E-state index is 12.5. The fourth-order valence-electron chi connectivity index (χ4n) is 3.42. The minimum absolute atomic E-state index is 0.0581. The molecule has 0 fully saturated rings. The van der Waals surface area contributed by atoms with Crippen molar-refractivity contribution >= 4 is 11.4 Å². The molecule has 4 heterocycles. The van der Waals surface area contributed by atoms with E-state index in [9.17, 15) is 4.79 Å². The van der Waals surface area contributed by atoms with E-state index in [1.54, 1.807) is 12.5 Å². The lowest BCUT2D eigenvalue weighted by Crippen LogP contribution is -2.23. The Morgan fingerprint density at radius 3 is 2.69 bits per heavy atom. The van der Waals surface area contributed by atoms with Gasteiger partial charge in [0.05, 0.1) is 35.8 Å². The summed E-state index contributed by atoms with van der Waals surface area (Å²) in [5.74, 6) is 0.0581. The summed E-state index contributed by atoms with van der Waals surface area (Å²) in [6.45, 7) is 1.17. The third kappa shape index (κ3) is 2.45. The van der Waals surface area contributed by atoms with Gasteiger partial charge in [-0.25, -0.2) is 4.98 Å². The van der Waals surface area contributed by atoms with E-state index in [1.165, 1.54) is 0 Å². The van der Waals surface area contributed by atoms with E-state index in [4.69, 9.17) is 0 Å². The highest BCUT2D eigenvalue weighted by atomic mass is 16.2. The predicted molar refractivity (Wildman–Crippen MR) is 98.4 cm³/mol. The van der Waals surface area contributed by atoms with Crippen LogP contribution in [-0.4, -0.2) is 25.2 Å². The van der Waals surface area contributed by atoms with Crippen molar-refractivity contribution in [3.8, 4) is 11.1 Å². The number of nitrogens with zero attached hydrogens (tertiary/aromatic N) is 4. The molecule has 0 N–H and O–H groups in total. The van der Waals surface area contributed by atoms with Gasteiger partial charge in [0.1, 0.15) is 0 Å². The average molecular weight is 340 g/mol. The minimum atomic E-state index is 0.0581. The van der Waals surface area contributed by atoms with Gasteiger partial charge in [-0.15, -0.1) is 0 Å². The summed E-state index contributed by atoms with van der Waals surface area (Å²) in [4.78, 5) is 22.8. The first-order chi connectivity index (χ1) is 12.8. The maximum Gasteiger partial charge on any atom is 0.256 e. The second-order valence-corrected chi connectivity index (χ2v) is 6.50. The molecule has 0 bridgehead atoms. The second kappa shape index (κ2) is 5.81. The van der Waals surface area contributed by atoms with E-state index < -0.39 is 0 Å². The highest BCUT2D eigenvalue weighted by Crippen LogP contribution is 2.24. The summed E-state index contributed by atoms with van der Waals surface area (Å²) < 4.78 is 2.01. The average Bonchev–Trinajstić information content (AvgIpc) is 3.27. The molecule has 5 rings (SSSR count). The van der Waals surface area contributed by atoms with Gasteiger partial charge in [-0.05, 0) is 34.9 Å². The van der Waals surface area contributed by atoms with Gasteiger partial charge in [0.25, 0.3) is 5.91 Å². The van der Waals surface area contributed by atoms with Gasteiger partial charge in [0.2, 0.25) is 0 Å². The van der Waals surface area contributed by atoms with Crippen LogP contribution in [0.3, 0.4) is 0 Å². The number of carbonyl (C=O) groups is 1. The number of carbonyl (C=O) groups excluding carboxylic acids is 1. The van der Waals surface area contributed by atoms with E-state index >= 15 is 0 Å². The quantitative estimate of drug-likeness (QED) is 0.573. The number of pyridine rings is 2. The van der Waals surface area contributed by atoms with Gasteiger partial charge in [-0.1, -0.05) is 30.3 Å². The molecule has 0 aliphatic carbocycles. The van der Waals surface area contributed by atoms with Gasteiger partial charge < -0.3 is 9.30 Å². The normalized spacial score (nSPS) is 13.4. The first-order valence-electron chi connectivity index (χ1n) is 8.52. The first-order valence-corrected chi connectivity index (χ1v) is 8.52. The van der Waals surface area contributed by atoms with Crippen LogP contribution in [0.1, 0.15) is 21.6 Å². The molecule has 1 aromatic carbocycles. The summed E-state index contributed by atoms with van der Waals surface area (Å²) in [5.41, 5.74) is 6.04. The van der Waals surface area contributed by atoms with E-state index in [0.29, 0.717) is 13.1 Å². The lowest BCUT2D eigenvalue weighted by atomic mass is 10.1. The molecule has 0 radical (unpaired) electrons. The summed E-state index contributed by atoms with van der Waals surface area (Å²) in [6, 6.07) is 16.2. The molecule has 5 heteroatoms. The van der Waals surface area contributed by atoms with Crippen LogP contribution in [0.4, 0.5) is 0 Å². The van der Waals surface area contributed by atoms with E-state index in [1.807, 2.05) is 27.6 Å². The number of rotatable bonds is 3. The monoisotopic (exact) mass is 340 g/mol. The van der Waals surface area contributed by atoms with Crippen LogP contribution in [0, 0.1) is 0 Å². The lowest BCUT2D eigenvalue weighted by molar-refractivity contribution is 0.0766. The third-order valence-electron chi connectivity index (χ3n) is 4.82. The molecule has 0 saturated heterocycles. The predicted octanol–water partition coefficient (Wildman–Crippen LogP) is 3.55. The molecule has 3 aromatic heterocycles. The van der Waals surface area contributed by atoms with Gasteiger partial charge in [-0.3, -0.25) is 9.78 Å². The first kappa shape index (κ1) is 14.8. The van der Waals surface area contributed by atoms with Crippen LogP contribution < -0.4 is 0 Å². The Balaban J connectivity index is 1.36. The lowest BCUT2D eigenvalue weighted by Gasteiger charge is -2.15. The van der Waals surface area contributed by atoms with Crippen LogP contribution in [0.25, 0.3) is 16.6 Å². The van der Waals surface area contributed by atoms with Crippen LogP contribution in [0.15, 0.2) is 73.4 Å². The molecular weight excluding hydrogens is 324 g/mol. The number of benzene rings is 1. The molecule has 1 aliphatic rings. The van der Waals surface area contributed by atoms with Crippen molar-refractivity contribution in [3.63, 3.8) is 0 Å². The zero-order valence-corrected chi connectivity index (χ0v) is 14.0. The van der Waals surface area contributed by atoms with Gasteiger partial charge in [0, 0.05) is 18.9 Å². The van der Waals surface area contributed by atoms with Crippen molar-refractivity contribution in [1.29, 1.82) is 0 Å². The molecule has 1 amide bonds. The van der Waals surface area contributed by atoms with Crippen LogP contribution in [-0.2, 0) is 13.1 Å². The number of hydrogen-bond donors (Lipinski definition) is 0. The van der Waals surface area contributed by atoms with Crippen LogP contribution in [0.2, 0.25) is 0 Å². The van der Waals surface area contributed by atoms with Crippen LogP contribution >= 0.6 is 0 Å². The Morgan fingerprint density at radius 2 is 1.85 bits per heavy atom. The minimum Gasteiger partial charge on any atom is -0.328 e. The van der Waals surface area contributed by atoms with Crippen LogP contribution in [0.5, 0.6) is 0 Å². The van der Waals surface area contributed by atoms with Crippen molar-refractivity contribution in [2.75, 3.05) is 0 Å². The number of hydrogen-bond acceptors (Lipinski definition) is 3. The summed E-state index contributed by atoms with van der Waals surface area (Å²) in [6.07, 6.45) is 7.45. The fourth-order valence-corrected chi connectivity index (χ4v) is 3.42. The largest absolute Gasteiger partial charge is 0.328 e. The zero-order valence-electron chi connectivity index (χ0n) is 14.0. The Labute approximate surface area is 150 Å². The molecular formula is C21H16N4O. The summed E-state index contributed by atoms with van der Waals surface area (Å²) in [5, 5.41) is 0. The molecule has 4 aromatic rings. The standard InChI is InChI=1S/C21H16N4O/c26-21-19-2-1-9-23-20(19)13-24(21)11-15-3-5-16(6-4-15)17-7-8-18-10-22-14-25(18)12-17/h1-10,12,14H,11,13H2. The van der Waals surface area contributed by atoms with E-state index in [2.05, 4.69) is 52.6 Å². The summed E-state index contributed by atoms with van der Waals surface area (Å²) in [7, 11) is 0. The Hall–Kier alpha value is -3.47. The molecule has 0 saturated carbocycles. The van der Waals surface area contributed by atoms with Gasteiger partial charge >= 0.3 is 0 Å². The molecule has 126 valence electrons. The molecule has 1 aliphatic heterocycles. The van der Waals surface area contributed by atoms with Crippen molar-refractivity contribution in [2.45, 2.75) is 13.1 Å². The Bertz CT molecular complexity index is 1110. The highest BCUT2D eigenvalue weighted by Gasteiger charge is 2.27. The number of fused-ring (bicyclic) bond motifs is 2. The molecule has 0 atom stereocenters. The topological polar surface area (TPSA) is 50.5 Å². The molecule has 26 heavy (non-hydrogen) atoms. The Kier molecular flexibility index (Phi) is 3.31. The summed E-state index contributed by atoms with van der Waals surface area (Å²) >= 11 is 0. The smallest absolute Gasteiger partial charge is 0.256 e. The second-order valence-electron chi connectivity index (χ2n) is 6.50. The SMILES string of the molecule is O=C1c2cccnc2CN1Cc1ccc(-c2ccc3cncn3c2)cc1. The van der Waals surface area contributed by atoms with Crippen molar-refractivity contribution in [1.82, 2.24) is 19.3 Å². The molecule has 0 spiro atoms. The number of amides is 1.